The number of piperidine rings is 1. The van der Waals surface area contributed by atoms with Gasteiger partial charge in [0.25, 0.3) is 5.91 Å². The summed E-state index contributed by atoms with van der Waals surface area (Å²) in [5.74, 6) is -0.114. The Bertz CT molecular complexity index is 471. The van der Waals surface area contributed by atoms with E-state index in [0.717, 1.165) is 13.0 Å². The van der Waals surface area contributed by atoms with Crippen LogP contribution < -0.4 is 10.6 Å². The van der Waals surface area contributed by atoms with E-state index in [9.17, 15) is 9.18 Å². The molecular formula is C15H22ClFN2O. The highest BCUT2D eigenvalue weighted by Gasteiger charge is 2.28. The van der Waals surface area contributed by atoms with Crippen LogP contribution in [0.1, 0.15) is 36.2 Å². The molecule has 0 spiro atoms. The first kappa shape index (κ1) is 16.9. The number of benzene rings is 1. The Balaban J connectivity index is 0.00000200. The molecule has 3 atom stereocenters. The molecule has 1 aromatic carbocycles. The predicted octanol–water partition coefficient (Wildman–Crippen LogP) is 2.67. The maximum absolute atomic E-state index is 13.5. The molecule has 5 heteroatoms. The van der Waals surface area contributed by atoms with Gasteiger partial charge in [-0.1, -0.05) is 13.0 Å². The lowest BCUT2D eigenvalue weighted by Gasteiger charge is -2.36. The molecule has 0 aromatic heterocycles. The Morgan fingerprint density at radius 2 is 2.10 bits per heavy atom. The SMILES string of the molecule is Cc1ccc(C(=O)NC2C(C)CCNC2C)cc1F.Cl. The van der Waals surface area contributed by atoms with Crippen LogP contribution in [0.4, 0.5) is 4.39 Å². The number of aryl methyl sites for hydroxylation is 1. The molecule has 0 radical (unpaired) electrons. The first-order chi connectivity index (χ1) is 8.99. The van der Waals surface area contributed by atoms with Crippen LogP contribution in [0.2, 0.25) is 0 Å². The van der Waals surface area contributed by atoms with Crippen molar-refractivity contribution in [1.82, 2.24) is 10.6 Å². The van der Waals surface area contributed by atoms with Crippen molar-refractivity contribution in [3.05, 3.63) is 35.1 Å². The third-order valence-electron chi connectivity index (χ3n) is 3.95. The molecule has 0 bridgehead atoms. The van der Waals surface area contributed by atoms with Gasteiger partial charge in [0, 0.05) is 17.6 Å². The lowest BCUT2D eigenvalue weighted by molar-refractivity contribution is 0.0897. The lowest BCUT2D eigenvalue weighted by Crippen LogP contribution is -2.55. The average Bonchev–Trinajstić information content (AvgIpc) is 2.37. The fourth-order valence-electron chi connectivity index (χ4n) is 2.57. The van der Waals surface area contributed by atoms with Crippen LogP contribution in [0.25, 0.3) is 0 Å². The van der Waals surface area contributed by atoms with Crippen LogP contribution in [0.3, 0.4) is 0 Å². The van der Waals surface area contributed by atoms with Gasteiger partial charge < -0.3 is 10.6 Å². The second-order valence-corrected chi connectivity index (χ2v) is 5.47. The van der Waals surface area contributed by atoms with Crippen LogP contribution >= 0.6 is 12.4 Å². The zero-order valence-electron chi connectivity index (χ0n) is 12.1. The molecule has 1 fully saturated rings. The van der Waals surface area contributed by atoms with Crippen molar-refractivity contribution < 1.29 is 9.18 Å². The molecule has 1 aliphatic heterocycles. The van der Waals surface area contributed by atoms with E-state index in [-0.39, 0.29) is 36.2 Å². The van der Waals surface area contributed by atoms with Gasteiger partial charge in [-0.25, -0.2) is 4.39 Å². The Hall–Kier alpha value is -1.13. The van der Waals surface area contributed by atoms with Crippen LogP contribution in [0.5, 0.6) is 0 Å². The topological polar surface area (TPSA) is 41.1 Å². The van der Waals surface area contributed by atoms with Crippen molar-refractivity contribution in [2.24, 2.45) is 5.92 Å². The number of rotatable bonds is 2. The van der Waals surface area contributed by atoms with Crippen molar-refractivity contribution in [2.45, 2.75) is 39.3 Å². The fourth-order valence-corrected chi connectivity index (χ4v) is 2.57. The molecule has 2 N–H and O–H groups in total. The van der Waals surface area contributed by atoms with E-state index in [4.69, 9.17) is 0 Å². The van der Waals surface area contributed by atoms with E-state index in [0.29, 0.717) is 17.0 Å². The molecule has 2 rings (SSSR count). The third-order valence-corrected chi connectivity index (χ3v) is 3.95. The fraction of sp³-hybridized carbons (Fsp3) is 0.533. The molecule has 20 heavy (non-hydrogen) atoms. The van der Waals surface area contributed by atoms with Gasteiger partial charge in [0.1, 0.15) is 5.82 Å². The van der Waals surface area contributed by atoms with E-state index in [2.05, 4.69) is 24.5 Å². The molecule has 1 heterocycles. The second-order valence-electron chi connectivity index (χ2n) is 5.47. The number of halogens is 2. The van der Waals surface area contributed by atoms with Gasteiger partial charge in [-0.3, -0.25) is 4.79 Å². The van der Waals surface area contributed by atoms with Crippen molar-refractivity contribution >= 4 is 18.3 Å². The number of carbonyl (C=O) groups excluding carboxylic acids is 1. The van der Waals surface area contributed by atoms with Crippen molar-refractivity contribution in [3.8, 4) is 0 Å². The van der Waals surface area contributed by atoms with Crippen LogP contribution in [-0.4, -0.2) is 24.5 Å². The molecule has 0 aliphatic carbocycles. The summed E-state index contributed by atoms with van der Waals surface area (Å²) in [6.07, 6.45) is 1.04. The van der Waals surface area contributed by atoms with Crippen molar-refractivity contribution in [3.63, 3.8) is 0 Å². The Labute approximate surface area is 125 Å². The maximum atomic E-state index is 13.5. The van der Waals surface area contributed by atoms with Gasteiger partial charge in [-0.2, -0.15) is 0 Å². The molecule has 1 saturated heterocycles. The number of nitrogens with one attached hydrogen (secondary N) is 2. The van der Waals surface area contributed by atoms with Gasteiger partial charge >= 0.3 is 0 Å². The number of hydrogen-bond donors (Lipinski definition) is 2. The summed E-state index contributed by atoms with van der Waals surface area (Å²) in [4.78, 5) is 12.2. The summed E-state index contributed by atoms with van der Waals surface area (Å²) < 4.78 is 13.5. The van der Waals surface area contributed by atoms with E-state index in [1.54, 1.807) is 19.1 Å². The van der Waals surface area contributed by atoms with Gasteiger partial charge in [-0.15, -0.1) is 12.4 Å². The van der Waals surface area contributed by atoms with Crippen molar-refractivity contribution in [2.75, 3.05) is 6.54 Å². The summed E-state index contributed by atoms with van der Waals surface area (Å²) in [7, 11) is 0. The lowest BCUT2D eigenvalue weighted by atomic mass is 9.89. The van der Waals surface area contributed by atoms with E-state index in [1.165, 1.54) is 6.07 Å². The van der Waals surface area contributed by atoms with Gasteiger partial charge in [0.2, 0.25) is 0 Å². The zero-order chi connectivity index (χ0) is 14.0. The highest BCUT2D eigenvalue weighted by molar-refractivity contribution is 5.94. The summed E-state index contributed by atoms with van der Waals surface area (Å²) in [5.41, 5.74) is 0.936. The average molecular weight is 301 g/mol. The van der Waals surface area contributed by atoms with Gasteiger partial charge in [0.15, 0.2) is 0 Å². The van der Waals surface area contributed by atoms with Gasteiger partial charge in [-0.05, 0) is 50.4 Å². The zero-order valence-corrected chi connectivity index (χ0v) is 12.9. The summed E-state index contributed by atoms with van der Waals surface area (Å²) in [6, 6.07) is 4.93. The number of hydrogen-bond acceptors (Lipinski definition) is 2. The molecule has 1 amide bonds. The van der Waals surface area contributed by atoms with Crippen molar-refractivity contribution in [1.29, 1.82) is 0 Å². The molecule has 112 valence electrons. The Morgan fingerprint density at radius 3 is 2.70 bits per heavy atom. The largest absolute Gasteiger partial charge is 0.347 e. The highest BCUT2D eigenvalue weighted by atomic mass is 35.5. The van der Waals surface area contributed by atoms with E-state index in [1.807, 2.05) is 0 Å². The van der Waals surface area contributed by atoms with E-state index < -0.39 is 0 Å². The van der Waals surface area contributed by atoms with Gasteiger partial charge in [0.05, 0.1) is 0 Å². The first-order valence-corrected chi connectivity index (χ1v) is 6.79. The van der Waals surface area contributed by atoms with Crippen LogP contribution in [-0.2, 0) is 0 Å². The number of carbonyl (C=O) groups is 1. The normalized spacial score (nSPS) is 25.7. The van der Waals surface area contributed by atoms with E-state index >= 15 is 0 Å². The molecular weight excluding hydrogens is 279 g/mol. The van der Waals surface area contributed by atoms with Crippen LogP contribution in [0, 0.1) is 18.7 Å². The highest BCUT2D eigenvalue weighted by Crippen LogP contribution is 2.17. The smallest absolute Gasteiger partial charge is 0.251 e. The molecule has 0 saturated carbocycles. The summed E-state index contributed by atoms with van der Waals surface area (Å²) >= 11 is 0. The quantitative estimate of drug-likeness (QED) is 0.882. The molecule has 3 unspecified atom stereocenters. The minimum Gasteiger partial charge on any atom is -0.347 e. The second kappa shape index (κ2) is 7.04. The molecule has 1 aliphatic rings. The minimum atomic E-state index is -0.337. The number of amides is 1. The predicted molar refractivity (Wildman–Crippen MR) is 80.9 cm³/mol. The maximum Gasteiger partial charge on any atom is 0.251 e. The Morgan fingerprint density at radius 1 is 1.40 bits per heavy atom. The first-order valence-electron chi connectivity index (χ1n) is 6.79. The Kier molecular flexibility index (Phi) is 5.96. The minimum absolute atomic E-state index is 0. The molecule has 3 nitrogen and oxygen atoms in total. The third kappa shape index (κ3) is 3.70. The molecule has 1 aromatic rings. The summed E-state index contributed by atoms with van der Waals surface area (Å²) in [6.45, 7) is 6.87. The monoisotopic (exact) mass is 300 g/mol. The standard InChI is InChI=1S/C15H21FN2O.ClH/c1-9-4-5-12(8-13(9)16)15(19)18-14-10(2)6-7-17-11(14)3;/h4-5,8,10-11,14,17H,6-7H2,1-3H3,(H,18,19);1H. The summed E-state index contributed by atoms with van der Waals surface area (Å²) in [5, 5.41) is 6.36. The van der Waals surface area contributed by atoms with Crippen LogP contribution in [0.15, 0.2) is 18.2 Å².